The second-order valence-electron chi connectivity index (χ2n) is 7.10. The number of nitrogen functional groups attached to an aromatic ring is 1. The van der Waals surface area contributed by atoms with Gasteiger partial charge in [-0.25, -0.2) is 9.78 Å². The van der Waals surface area contributed by atoms with Gasteiger partial charge in [-0.1, -0.05) is 13.8 Å². The van der Waals surface area contributed by atoms with Gasteiger partial charge < -0.3 is 11.1 Å². The zero-order valence-corrected chi connectivity index (χ0v) is 17.1. The number of nitrogens with two attached hydrogens (primary N) is 1. The van der Waals surface area contributed by atoms with E-state index in [0.717, 1.165) is 25.5 Å². The lowest BCUT2D eigenvalue weighted by Crippen LogP contribution is -2.43. The molecule has 0 saturated heterocycles. The highest BCUT2D eigenvalue weighted by molar-refractivity contribution is 7.18. The van der Waals surface area contributed by atoms with Crippen molar-refractivity contribution in [3.05, 3.63) is 49.6 Å². The quantitative estimate of drug-likeness (QED) is 0.611. The molecule has 2 aromatic heterocycles. The summed E-state index contributed by atoms with van der Waals surface area (Å²) in [5, 5.41) is 4.00. The molecule has 0 aliphatic heterocycles. The summed E-state index contributed by atoms with van der Waals surface area (Å²) >= 11 is 1.57. The highest BCUT2D eigenvalue weighted by atomic mass is 32.1. The number of nitrogens with zero attached hydrogens (tertiary/aromatic N) is 3. The van der Waals surface area contributed by atoms with Gasteiger partial charge in [0.25, 0.3) is 5.56 Å². The molecule has 2 heterocycles. The Balaban J connectivity index is 1.89. The molecule has 3 N–H and O–H groups in total. The Morgan fingerprint density at radius 2 is 2.04 bits per heavy atom. The molecule has 3 aromatic rings. The molecule has 0 aliphatic carbocycles. The lowest BCUT2D eigenvalue weighted by atomic mass is 10.1. The number of benzene rings is 1. The predicted octanol–water partition coefficient (Wildman–Crippen LogP) is 2.00. The molecule has 1 aromatic carbocycles. The molecule has 8 nitrogen and oxygen atoms in total. The summed E-state index contributed by atoms with van der Waals surface area (Å²) < 4.78 is 3.22. The number of nitrogens with one attached hydrogen (secondary N) is 1. The van der Waals surface area contributed by atoms with Crippen LogP contribution in [0.5, 0.6) is 0 Å². The first-order chi connectivity index (χ1) is 13.2. The van der Waals surface area contributed by atoms with Crippen LogP contribution in [0.25, 0.3) is 10.2 Å². The summed E-state index contributed by atoms with van der Waals surface area (Å²) in [6, 6.07) is 5.62. The number of hydrogen-bond donors (Lipinski definition) is 2. The Kier molecular flexibility index (Phi) is 5.37. The fourth-order valence-electron chi connectivity index (χ4n) is 3.01. The lowest BCUT2D eigenvalue weighted by Gasteiger charge is -2.16. The largest absolute Gasteiger partial charge is 0.384 e. The Morgan fingerprint density at radius 3 is 2.71 bits per heavy atom. The van der Waals surface area contributed by atoms with Crippen molar-refractivity contribution < 1.29 is 4.79 Å². The van der Waals surface area contributed by atoms with Gasteiger partial charge in [-0.2, -0.15) is 0 Å². The summed E-state index contributed by atoms with van der Waals surface area (Å²) in [5.74, 6) is -0.411. The van der Waals surface area contributed by atoms with Crippen molar-refractivity contribution in [3.8, 4) is 0 Å². The van der Waals surface area contributed by atoms with Crippen LogP contribution in [0.4, 0.5) is 11.5 Å². The van der Waals surface area contributed by atoms with Crippen LogP contribution >= 0.6 is 11.3 Å². The average Bonchev–Trinajstić information content (AvgIpc) is 3.01. The normalized spacial score (nSPS) is 11.3. The highest BCUT2D eigenvalue weighted by Crippen LogP contribution is 2.24. The smallest absolute Gasteiger partial charge is 0.332 e. The number of fused-ring (bicyclic) bond motifs is 1. The molecule has 9 heteroatoms. The van der Waals surface area contributed by atoms with E-state index in [9.17, 15) is 14.4 Å². The minimum absolute atomic E-state index is 0.0814. The SMILES string of the molecule is Cc1nc2ccc(NCC(=O)c3c(N)n(CC(C)C)c(=O)n(C)c3=O)cc2s1. The number of aromatic nitrogens is 3. The zero-order chi connectivity index (χ0) is 20.6. The van der Waals surface area contributed by atoms with E-state index in [1.807, 2.05) is 39.0 Å². The third-order valence-corrected chi connectivity index (χ3v) is 5.29. The van der Waals surface area contributed by atoms with Crippen molar-refractivity contribution in [2.45, 2.75) is 27.3 Å². The molecule has 0 aliphatic rings. The molecular formula is C19H23N5O3S. The van der Waals surface area contributed by atoms with Crippen LogP contribution in [0.1, 0.15) is 29.2 Å². The summed E-state index contributed by atoms with van der Waals surface area (Å²) in [4.78, 5) is 42.0. The Bertz CT molecular complexity index is 1170. The van der Waals surface area contributed by atoms with E-state index in [2.05, 4.69) is 10.3 Å². The summed E-state index contributed by atoms with van der Waals surface area (Å²) in [6.45, 7) is 6.01. The highest BCUT2D eigenvalue weighted by Gasteiger charge is 2.21. The van der Waals surface area contributed by atoms with E-state index < -0.39 is 17.0 Å². The van der Waals surface area contributed by atoms with E-state index in [4.69, 9.17) is 5.73 Å². The van der Waals surface area contributed by atoms with Crippen LogP contribution in [0, 0.1) is 12.8 Å². The molecule has 0 fully saturated rings. The average molecular weight is 401 g/mol. The lowest BCUT2D eigenvalue weighted by molar-refractivity contribution is 0.100. The van der Waals surface area contributed by atoms with Gasteiger partial charge in [0.05, 0.1) is 21.8 Å². The van der Waals surface area contributed by atoms with Crippen LogP contribution in [0.2, 0.25) is 0 Å². The standard InChI is InChI=1S/C19H23N5O3S/c1-10(2)9-24-17(20)16(18(26)23(4)19(24)27)14(25)8-21-12-5-6-13-15(7-12)28-11(3)22-13/h5-7,10,21H,8-9,20H2,1-4H3. The first-order valence-electron chi connectivity index (χ1n) is 8.92. The van der Waals surface area contributed by atoms with Gasteiger partial charge in [-0.15, -0.1) is 11.3 Å². The summed E-state index contributed by atoms with van der Waals surface area (Å²) in [6.07, 6.45) is 0. The number of anilines is 2. The topological polar surface area (TPSA) is 112 Å². The third-order valence-electron chi connectivity index (χ3n) is 4.36. The van der Waals surface area contributed by atoms with Gasteiger partial charge in [-0.3, -0.25) is 18.7 Å². The second-order valence-corrected chi connectivity index (χ2v) is 8.34. The number of hydrogen-bond acceptors (Lipinski definition) is 7. The molecule has 3 rings (SSSR count). The molecule has 0 unspecified atom stereocenters. The Morgan fingerprint density at radius 1 is 1.32 bits per heavy atom. The number of rotatable bonds is 6. The second kappa shape index (κ2) is 7.59. The fraction of sp³-hybridized carbons (Fsp3) is 0.368. The number of Topliss-reactive ketones (excluding diaryl/α,β-unsaturated/α-hetero) is 1. The molecule has 148 valence electrons. The molecule has 0 amide bonds. The third kappa shape index (κ3) is 3.70. The van der Waals surface area contributed by atoms with Crippen molar-refractivity contribution in [2.75, 3.05) is 17.6 Å². The number of carbonyl (C=O) groups excluding carboxylic acids is 1. The first-order valence-corrected chi connectivity index (χ1v) is 9.74. The number of ketones is 1. The molecule has 0 saturated carbocycles. The predicted molar refractivity (Wildman–Crippen MR) is 112 cm³/mol. The minimum atomic E-state index is -0.678. The van der Waals surface area contributed by atoms with E-state index in [1.165, 1.54) is 11.6 Å². The Labute approximate surface area is 165 Å². The van der Waals surface area contributed by atoms with Gasteiger partial charge in [-0.05, 0) is 31.0 Å². The van der Waals surface area contributed by atoms with E-state index in [-0.39, 0.29) is 23.8 Å². The molecule has 0 spiro atoms. The fourth-order valence-corrected chi connectivity index (χ4v) is 3.87. The van der Waals surface area contributed by atoms with Gasteiger partial charge in [0.2, 0.25) is 0 Å². The van der Waals surface area contributed by atoms with E-state index in [1.54, 1.807) is 11.3 Å². The van der Waals surface area contributed by atoms with Crippen molar-refractivity contribution in [3.63, 3.8) is 0 Å². The van der Waals surface area contributed by atoms with Crippen molar-refractivity contribution >= 4 is 38.8 Å². The van der Waals surface area contributed by atoms with Gasteiger partial charge in [0.15, 0.2) is 5.78 Å². The molecule has 28 heavy (non-hydrogen) atoms. The van der Waals surface area contributed by atoms with Crippen molar-refractivity contribution in [1.29, 1.82) is 0 Å². The van der Waals surface area contributed by atoms with Crippen LogP contribution in [-0.4, -0.2) is 26.4 Å². The summed E-state index contributed by atoms with van der Waals surface area (Å²) in [7, 11) is 1.35. The molecule has 0 radical (unpaired) electrons. The number of carbonyl (C=O) groups is 1. The van der Waals surface area contributed by atoms with Gasteiger partial charge in [0, 0.05) is 19.3 Å². The Hall–Kier alpha value is -2.94. The maximum atomic E-state index is 12.7. The van der Waals surface area contributed by atoms with Crippen LogP contribution in [0.15, 0.2) is 27.8 Å². The monoisotopic (exact) mass is 401 g/mol. The molecule has 0 bridgehead atoms. The van der Waals surface area contributed by atoms with Crippen LogP contribution < -0.4 is 22.3 Å². The molecule has 0 atom stereocenters. The van der Waals surface area contributed by atoms with Crippen molar-refractivity contribution in [1.82, 2.24) is 14.1 Å². The number of aryl methyl sites for hydroxylation is 1. The van der Waals surface area contributed by atoms with Gasteiger partial charge >= 0.3 is 5.69 Å². The van der Waals surface area contributed by atoms with Gasteiger partial charge in [0.1, 0.15) is 11.4 Å². The summed E-state index contributed by atoms with van der Waals surface area (Å²) in [5.41, 5.74) is 6.33. The minimum Gasteiger partial charge on any atom is -0.384 e. The van der Waals surface area contributed by atoms with Crippen LogP contribution in [-0.2, 0) is 13.6 Å². The number of thiazole rings is 1. The van der Waals surface area contributed by atoms with Crippen molar-refractivity contribution in [2.24, 2.45) is 13.0 Å². The molecular weight excluding hydrogens is 378 g/mol. The van der Waals surface area contributed by atoms with E-state index >= 15 is 0 Å². The maximum absolute atomic E-state index is 12.7. The maximum Gasteiger partial charge on any atom is 0.332 e. The van der Waals surface area contributed by atoms with E-state index in [0.29, 0.717) is 6.54 Å². The van der Waals surface area contributed by atoms with Crippen LogP contribution in [0.3, 0.4) is 0 Å². The zero-order valence-electron chi connectivity index (χ0n) is 16.3. The first kappa shape index (κ1) is 19.8.